The fourth-order valence-electron chi connectivity index (χ4n) is 1.24. The third-order valence-corrected chi connectivity index (χ3v) is 2.05. The van der Waals surface area contributed by atoms with Crippen LogP contribution in [-0.4, -0.2) is 19.0 Å². The molecule has 0 aliphatic carbocycles. The van der Waals surface area contributed by atoms with Crippen LogP contribution in [0.3, 0.4) is 0 Å². The Morgan fingerprint density at radius 2 is 1.82 bits per heavy atom. The van der Waals surface area contributed by atoms with Crippen LogP contribution in [0.2, 0.25) is 0 Å². The minimum atomic E-state index is -1.52. The Morgan fingerprint density at radius 1 is 1.24 bits per heavy atom. The van der Waals surface area contributed by atoms with Crippen molar-refractivity contribution >= 4 is 18.0 Å². The van der Waals surface area contributed by atoms with Crippen LogP contribution in [-0.2, 0) is 9.59 Å². The van der Waals surface area contributed by atoms with Gasteiger partial charge in [-0.15, -0.1) is 0 Å². The molecule has 0 saturated carbocycles. The normalized spacial score (nSPS) is 11.0. The summed E-state index contributed by atoms with van der Waals surface area (Å²) in [6.07, 6.45) is 0.541. The third kappa shape index (κ3) is 3.98. The summed E-state index contributed by atoms with van der Waals surface area (Å²) >= 11 is 0. The lowest BCUT2D eigenvalue weighted by molar-refractivity contribution is -0.309. The van der Waals surface area contributed by atoms with Gasteiger partial charge < -0.3 is 24.5 Å². The van der Waals surface area contributed by atoms with Crippen molar-refractivity contribution in [3.63, 3.8) is 0 Å². The first kappa shape index (κ1) is 12.8. The molecule has 1 aromatic rings. The van der Waals surface area contributed by atoms with Crippen molar-refractivity contribution in [2.24, 2.45) is 0 Å². The summed E-state index contributed by atoms with van der Waals surface area (Å²) < 4.78 is 4.93. The second-order valence-corrected chi connectivity index (χ2v) is 3.28. The van der Waals surface area contributed by atoms with Crippen LogP contribution in [0.1, 0.15) is 12.0 Å². The summed E-state index contributed by atoms with van der Waals surface area (Å²) in [4.78, 5) is 21.0. The van der Waals surface area contributed by atoms with E-state index < -0.39 is 18.4 Å². The molecule has 0 unspecified atom stereocenters. The zero-order valence-electron chi connectivity index (χ0n) is 9.14. The number of carbonyl (C=O) groups excluding carboxylic acids is 2. The van der Waals surface area contributed by atoms with Crippen LogP contribution >= 0.6 is 0 Å². The van der Waals surface area contributed by atoms with Gasteiger partial charge >= 0.3 is 0 Å². The molecular weight excluding hydrogens is 224 g/mol. The fraction of sp³-hybridized carbons (Fsp3) is 0.167. The van der Waals surface area contributed by atoms with Crippen molar-refractivity contribution in [2.75, 3.05) is 7.11 Å². The number of methoxy groups -OCH3 is 1. The summed E-state index contributed by atoms with van der Waals surface area (Å²) in [5.74, 6) is -2.36. The van der Waals surface area contributed by atoms with Crippen LogP contribution in [0.25, 0.3) is 6.08 Å². The van der Waals surface area contributed by atoms with E-state index in [0.717, 1.165) is 0 Å². The van der Waals surface area contributed by atoms with E-state index in [9.17, 15) is 19.8 Å². The van der Waals surface area contributed by atoms with Crippen LogP contribution in [0.15, 0.2) is 29.8 Å². The zero-order valence-corrected chi connectivity index (χ0v) is 9.14. The summed E-state index contributed by atoms with van der Waals surface area (Å²) in [7, 11) is 1.51. The molecule has 0 aliphatic heterocycles. The number of carboxylic acids is 2. The molecule has 0 fully saturated rings. The monoisotopic (exact) mass is 234 g/mol. The van der Waals surface area contributed by atoms with Crippen LogP contribution in [0.4, 0.5) is 0 Å². The molecule has 17 heavy (non-hydrogen) atoms. The predicted molar refractivity (Wildman–Crippen MR) is 55.6 cm³/mol. The fourth-order valence-corrected chi connectivity index (χ4v) is 1.24. The summed E-state index contributed by atoms with van der Waals surface area (Å²) in [5.41, 5.74) is 0.210. The van der Waals surface area contributed by atoms with Gasteiger partial charge in [-0.1, -0.05) is 12.1 Å². The number of benzene rings is 1. The Bertz CT molecular complexity index is 444. The average Bonchev–Trinajstić information content (AvgIpc) is 2.28. The maximum Gasteiger partial charge on any atom is 0.118 e. The number of ether oxygens (including phenoxy) is 1. The molecular formula is C12H10O5-2. The summed E-state index contributed by atoms with van der Waals surface area (Å²) in [6.45, 7) is 0. The highest BCUT2D eigenvalue weighted by Gasteiger charge is 2.00. The molecule has 0 atom stereocenters. The molecule has 0 radical (unpaired) electrons. The summed E-state index contributed by atoms with van der Waals surface area (Å²) in [6, 6.07) is 6.49. The van der Waals surface area contributed by atoms with E-state index in [1.807, 2.05) is 0 Å². The van der Waals surface area contributed by atoms with E-state index in [-0.39, 0.29) is 5.57 Å². The minimum absolute atomic E-state index is 0.338. The van der Waals surface area contributed by atoms with Gasteiger partial charge in [-0.3, -0.25) is 0 Å². The molecule has 5 heteroatoms. The van der Waals surface area contributed by atoms with Gasteiger partial charge in [0, 0.05) is 12.4 Å². The molecule has 1 rings (SSSR count). The van der Waals surface area contributed by atoms with Crippen LogP contribution in [0, 0.1) is 0 Å². The lowest BCUT2D eigenvalue weighted by Crippen LogP contribution is -2.30. The van der Waals surface area contributed by atoms with Gasteiger partial charge in [-0.2, -0.15) is 0 Å². The Morgan fingerprint density at radius 3 is 2.24 bits per heavy atom. The van der Waals surface area contributed by atoms with Crippen LogP contribution in [0.5, 0.6) is 5.75 Å². The van der Waals surface area contributed by atoms with E-state index in [1.165, 1.54) is 13.2 Å². The standard InChI is InChI=1S/C12H12O5/c1-17-10-4-2-8(3-5-10)6-9(12(15)16)7-11(13)14/h2-6H,7H2,1H3,(H,13,14)(H,15,16)/p-2/b9-6+. The Kier molecular flexibility index (Phi) is 4.28. The lowest BCUT2D eigenvalue weighted by Gasteiger charge is -2.09. The second kappa shape index (κ2) is 5.69. The highest BCUT2D eigenvalue weighted by atomic mass is 16.5. The molecule has 0 spiro atoms. The highest BCUT2D eigenvalue weighted by Crippen LogP contribution is 2.14. The molecule has 0 aliphatic rings. The maximum absolute atomic E-state index is 10.7. The van der Waals surface area contributed by atoms with Crippen molar-refractivity contribution in [3.8, 4) is 5.75 Å². The number of aliphatic carboxylic acids is 2. The predicted octanol–water partition coefficient (Wildman–Crippen LogP) is -1.03. The van der Waals surface area contributed by atoms with Crippen molar-refractivity contribution in [2.45, 2.75) is 6.42 Å². The maximum atomic E-state index is 10.7. The van der Waals surface area contributed by atoms with Gasteiger partial charge in [-0.05, 0) is 29.3 Å². The number of carboxylic acid groups (broad SMARTS) is 2. The van der Waals surface area contributed by atoms with Crippen molar-refractivity contribution in [3.05, 3.63) is 35.4 Å². The second-order valence-electron chi connectivity index (χ2n) is 3.28. The van der Waals surface area contributed by atoms with E-state index in [2.05, 4.69) is 0 Å². The Hall–Kier alpha value is -2.30. The van der Waals surface area contributed by atoms with Crippen molar-refractivity contribution < 1.29 is 24.5 Å². The zero-order chi connectivity index (χ0) is 12.8. The quantitative estimate of drug-likeness (QED) is 0.607. The van der Waals surface area contributed by atoms with Gasteiger partial charge in [-0.25, -0.2) is 0 Å². The lowest BCUT2D eigenvalue weighted by atomic mass is 10.1. The highest BCUT2D eigenvalue weighted by molar-refractivity contribution is 5.95. The smallest absolute Gasteiger partial charge is 0.118 e. The Labute approximate surface area is 98.0 Å². The molecule has 1 aromatic carbocycles. The number of hydrogen-bond acceptors (Lipinski definition) is 5. The number of hydrogen-bond donors (Lipinski definition) is 0. The van der Waals surface area contributed by atoms with E-state index in [1.54, 1.807) is 24.3 Å². The molecule has 90 valence electrons. The van der Waals surface area contributed by atoms with Crippen LogP contribution < -0.4 is 14.9 Å². The minimum Gasteiger partial charge on any atom is -0.550 e. The van der Waals surface area contributed by atoms with E-state index >= 15 is 0 Å². The molecule has 0 bridgehead atoms. The van der Waals surface area contributed by atoms with Gasteiger partial charge in [0.05, 0.1) is 13.1 Å². The van der Waals surface area contributed by atoms with Gasteiger partial charge in [0.25, 0.3) is 0 Å². The Balaban J connectivity index is 2.95. The SMILES string of the molecule is COc1ccc(/C=C(\CC(=O)[O-])C(=O)[O-])cc1. The number of rotatable bonds is 5. The number of carbonyl (C=O) groups is 2. The van der Waals surface area contributed by atoms with E-state index in [0.29, 0.717) is 11.3 Å². The first-order valence-electron chi connectivity index (χ1n) is 4.78. The van der Waals surface area contributed by atoms with Crippen molar-refractivity contribution in [1.82, 2.24) is 0 Å². The van der Waals surface area contributed by atoms with Crippen molar-refractivity contribution in [1.29, 1.82) is 0 Å². The molecule has 0 aromatic heterocycles. The average molecular weight is 234 g/mol. The molecule has 0 heterocycles. The third-order valence-electron chi connectivity index (χ3n) is 2.05. The van der Waals surface area contributed by atoms with E-state index in [4.69, 9.17) is 4.74 Å². The van der Waals surface area contributed by atoms with Gasteiger partial charge in [0.2, 0.25) is 0 Å². The summed E-state index contributed by atoms with van der Waals surface area (Å²) in [5, 5.41) is 21.0. The first-order chi connectivity index (χ1) is 8.02. The topological polar surface area (TPSA) is 89.5 Å². The largest absolute Gasteiger partial charge is 0.550 e. The molecule has 0 amide bonds. The van der Waals surface area contributed by atoms with Gasteiger partial charge in [0.1, 0.15) is 5.75 Å². The first-order valence-corrected chi connectivity index (χ1v) is 4.78. The molecule has 0 saturated heterocycles. The molecule has 5 nitrogen and oxygen atoms in total. The van der Waals surface area contributed by atoms with Gasteiger partial charge in [0.15, 0.2) is 0 Å². The molecule has 0 N–H and O–H groups in total.